The molecular weight excluding hydrogens is 442 g/mol. The molecule has 160 valence electrons. The summed E-state index contributed by atoms with van der Waals surface area (Å²) in [6, 6.07) is 13.2. The van der Waals surface area contributed by atoms with E-state index in [0.29, 0.717) is 21.2 Å². The van der Waals surface area contributed by atoms with E-state index in [1.807, 2.05) is 18.2 Å². The number of hydrogen-bond acceptors (Lipinski definition) is 6. The number of thiophene rings is 1. The second-order valence-electron chi connectivity index (χ2n) is 6.49. The number of carbonyl (C=O) groups excluding carboxylic acids is 4. The van der Waals surface area contributed by atoms with Gasteiger partial charge in [-0.3, -0.25) is 19.2 Å². The largest absolute Gasteiger partial charge is 0.451 e. The Morgan fingerprint density at radius 1 is 1.10 bits per heavy atom. The zero-order chi connectivity index (χ0) is 22.5. The van der Waals surface area contributed by atoms with E-state index < -0.39 is 36.3 Å². The van der Waals surface area contributed by atoms with Crippen LogP contribution in [0.3, 0.4) is 0 Å². The highest BCUT2D eigenvalue weighted by molar-refractivity contribution is 7.21. The average molecular weight is 460 g/mol. The topological polar surface area (TPSA) is 128 Å². The van der Waals surface area contributed by atoms with Crippen molar-refractivity contribution in [1.82, 2.24) is 5.32 Å². The molecule has 1 unspecified atom stereocenters. The van der Waals surface area contributed by atoms with Crippen LogP contribution in [0, 0.1) is 0 Å². The number of anilines is 1. The summed E-state index contributed by atoms with van der Waals surface area (Å²) in [6.07, 6.45) is -1.10. The van der Waals surface area contributed by atoms with Gasteiger partial charge in [-0.1, -0.05) is 29.8 Å². The van der Waals surface area contributed by atoms with E-state index in [1.165, 1.54) is 42.5 Å². The average Bonchev–Trinajstić information content (AvgIpc) is 3.09. The van der Waals surface area contributed by atoms with Crippen LogP contribution in [0.1, 0.15) is 27.0 Å². The van der Waals surface area contributed by atoms with Crippen LogP contribution >= 0.6 is 22.9 Å². The maximum absolute atomic E-state index is 12.4. The Labute approximate surface area is 186 Å². The minimum atomic E-state index is -1.10. The van der Waals surface area contributed by atoms with Crippen molar-refractivity contribution in [3.8, 4) is 0 Å². The quantitative estimate of drug-likeness (QED) is 0.468. The van der Waals surface area contributed by atoms with Gasteiger partial charge in [-0.25, -0.2) is 0 Å². The van der Waals surface area contributed by atoms with Crippen molar-refractivity contribution in [3.05, 3.63) is 64.0 Å². The summed E-state index contributed by atoms with van der Waals surface area (Å²) in [5.74, 6) is -2.44. The Bertz CT molecular complexity index is 1160. The molecule has 0 saturated carbocycles. The highest BCUT2D eigenvalue weighted by atomic mass is 35.5. The maximum atomic E-state index is 12.4. The van der Waals surface area contributed by atoms with Gasteiger partial charge in [0.15, 0.2) is 6.10 Å². The number of fused-ring (bicyclic) bond motifs is 1. The fourth-order valence-corrected chi connectivity index (χ4v) is 4.08. The lowest BCUT2D eigenvalue weighted by Crippen LogP contribution is -2.35. The van der Waals surface area contributed by atoms with E-state index in [4.69, 9.17) is 22.1 Å². The third-order valence-electron chi connectivity index (χ3n) is 4.25. The minimum absolute atomic E-state index is 0.292. The molecule has 4 N–H and O–H groups in total. The standard InChI is InChI=1S/C21H18ClN3O5S/c1-11(20(28)25-13-8-6-12(7-9-13)19(23)27)30-16(26)10-24-21(29)18-17(22)14-4-2-3-5-15(14)31-18/h2-9,11H,10H2,1H3,(H2,23,27)(H,24,29)(H,25,28). The SMILES string of the molecule is CC(OC(=O)CNC(=O)c1sc2ccccc2c1Cl)C(=O)Nc1ccc(C(N)=O)cc1. The number of halogens is 1. The van der Waals surface area contributed by atoms with Crippen molar-refractivity contribution in [2.24, 2.45) is 5.73 Å². The van der Waals surface area contributed by atoms with Crippen LogP contribution in [-0.4, -0.2) is 36.3 Å². The van der Waals surface area contributed by atoms with Gasteiger partial charge in [0.1, 0.15) is 11.4 Å². The van der Waals surface area contributed by atoms with E-state index in [9.17, 15) is 19.2 Å². The summed E-state index contributed by atoms with van der Waals surface area (Å²) in [4.78, 5) is 47.9. The molecule has 3 rings (SSSR count). The smallest absolute Gasteiger partial charge is 0.326 e. The Balaban J connectivity index is 1.51. The van der Waals surface area contributed by atoms with Gasteiger partial charge in [-0.2, -0.15) is 0 Å². The van der Waals surface area contributed by atoms with Gasteiger partial charge in [0.05, 0.1) is 5.02 Å². The molecule has 10 heteroatoms. The Morgan fingerprint density at radius 3 is 2.42 bits per heavy atom. The molecule has 2 aromatic carbocycles. The normalized spacial score (nSPS) is 11.5. The number of primary amides is 1. The van der Waals surface area contributed by atoms with Gasteiger partial charge in [-0.15, -0.1) is 11.3 Å². The number of nitrogens with one attached hydrogen (secondary N) is 2. The summed E-state index contributed by atoms with van der Waals surface area (Å²) < 4.78 is 5.91. The Hall–Kier alpha value is -3.43. The van der Waals surface area contributed by atoms with Crippen LogP contribution in [0.5, 0.6) is 0 Å². The number of benzene rings is 2. The molecule has 0 radical (unpaired) electrons. The molecule has 0 aliphatic carbocycles. The first-order chi connectivity index (χ1) is 14.8. The summed E-state index contributed by atoms with van der Waals surface area (Å²) >= 11 is 7.47. The maximum Gasteiger partial charge on any atom is 0.326 e. The highest BCUT2D eigenvalue weighted by Gasteiger charge is 2.21. The van der Waals surface area contributed by atoms with E-state index in [2.05, 4.69) is 10.6 Å². The third kappa shape index (κ3) is 5.39. The van der Waals surface area contributed by atoms with Crippen molar-refractivity contribution in [3.63, 3.8) is 0 Å². The lowest BCUT2D eigenvalue weighted by molar-refractivity contribution is -0.152. The first-order valence-electron chi connectivity index (χ1n) is 9.11. The molecule has 1 aromatic heterocycles. The van der Waals surface area contributed by atoms with Crippen LogP contribution < -0.4 is 16.4 Å². The molecule has 1 atom stereocenters. The Kier molecular flexibility index (Phi) is 6.88. The molecule has 31 heavy (non-hydrogen) atoms. The van der Waals surface area contributed by atoms with Gasteiger partial charge >= 0.3 is 5.97 Å². The molecule has 1 heterocycles. The number of esters is 1. The van der Waals surface area contributed by atoms with Crippen LogP contribution in [0.4, 0.5) is 5.69 Å². The molecule has 0 saturated heterocycles. The lowest BCUT2D eigenvalue weighted by atomic mass is 10.2. The minimum Gasteiger partial charge on any atom is -0.451 e. The molecule has 0 aliphatic rings. The van der Waals surface area contributed by atoms with Crippen LogP contribution in [0.2, 0.25) is 5.02 Å². The molecule has 0 bridgehead atoms. The molecule has 3 aromatic rings. The fraction of sp³-hybridized carbons (Fsp3) is 0.143. The van der Waals surface area contributed by atoms with Crippen molar-refractivity contribution in [1.29, 1.82) is 0 Å². The van der Waals surface area contributed by atoms with E-state index in [-0.39, 0.29) is 0 Å². The van der Waals surface area contributed by atoms with Crippen molar-refractivity contribution in [2.45, 2.75) is 13.0 Å². The molecule has 3 amide bonds. The zero-order valence-corrected chi connectivity index (χ0v) is 17.9. The summed E-state index contributed by atoms with van der Waals surface area (Å²) in [7, 11) is 0. The number of hydrogen-bond donors (Lipinski definition) is 3. The third-order valence-corrected chi connectivity index (χ3v) is 5.92. The van der Waals surface area contributed by atoms with Crippen molar-refractivity contribution in [2.75, 3.05) is 11.9 Å². The lowest BCUT2D eigenvalue weighted by Gasteiger charge is -2.14. The first-order valence-corrected chi connectivity index (χ1v) is 10.3. The molecule has 0 spiro atoms. The van der Waals surface area contributed by atoms with Gasteiger partial charge in [0, 0.05) is 21.3 Å². The number of carbonyl (C=O) groups is 4. The first kappa shape index (κ1) is 22.3. The highest BCUT2D eigenvalue weighted by Crippen LogP contribution is 2.34. The van der Waals surface area contributed by atoms with E-state index in [1.54, 1.807) is 6.07 Å². The zero-order valence-electron chi connectivity index (χ0n) is 16.3. The number of amides is 3. The predicted octanol–water partition coefficient (Wildman–Crippen LogP) is 2.95. The van der Waals surface area contributed by atoms with E-state index in [0.717, 1.165) is 10.1 Å². The van der Waals surface area contributed by atoms with Gasteiger partial charge in [0.2, 0.25) is 5.91 Å². The second-order valence-corrected chi connectivity index (χ2v) is 7.92. The monoisotopic (exact) mass is 459 g/mol. The van der Waals surface area contributed by atoms with Crippen LogP contribution in [-0.2, 0) is 14.3 Å². The Morgan fingerprint density at radius 2 is 1.77 bits per heavy atom. The second kappa shape index (κ2) is 9.59. The summed E-state index contributed by atoms with van der Waals surface area (Å²) in [5.41, 5.74) is 5.87. The number of nitrogens with two attached hydrogens (primary N) is 1. The number of ether oxygens (including phenoxy) is 1. The molecule has 8 nitrogen and oxygen atoms in total. The van der Waals surface area contributed by atoms with Crippen LogP contribution in [0.15, 0.2) is 48.5 Å². The predicted molar refractivity (Wildman–Crippen MR) is 118 cm³/mol. The van der Waals surface area contributed by atoms with Crippen molar-refractivity contribution < 1.29 is 23.9 Å². The summed E-state index contributed by atoms with van der Waals surface area (Å²) in [5, 5.41) is 6.08. The molecular formula is C21H18ClN3O5S. The summed E-state index contributed by atoms with van der Waals surface area (Å²) in [6.45, 7) is 0.976. The van der Waals surface area contributed by atoms with Gasteiger partial charge in [-0.05, 0) is 37.3 Å². The molecule has 0 fully saturated rings. The number of rotatable bonds is 7. The van der Waals surface area contributed by atoms with E-state index >= 15 is 0 Å². The van der Waals surface area contributed by atoms with Gasteiger partial charge in [0.25, 0.3) is 11.8 Å². The fourth-order valence-electron chi connectivity index (χ4n) is 2.65. The molecule has 0 aliphatic heterocycles. The van der Waals surface area contributed by atoms with Crippen molar-refractivity contribution >= 4 is 62.4 Å². The van der Waals surface area contributed by atoms with Crippen LogP contribution in [0.25, 0.3) is 10.1 Å². The van der Waals surface area contributed by atoms with Gasteiger partial charge < -0.3 is 21.1 Å².